The van der Waals surface area contributed by atoms with E-state index in [2.05, 4.69) is 4.74 Å². The maximum Gasteiger partial charge on any atom is 0.334 e. The molecule has 4 nitrogen and oxygen atoms in total. The van der Waals surface area contributed by atoms with Gasteiger partial charge in [-0.15, -0.1) is 0 Å². The molecule has 0 aromatic rings. The predicted molar refractivity (Wildman–Crippen MR) is 48.5 cm³/mol. The van der Waals surface area contributed by atoms with Gasteiger partial charge in [0.1, 0.15) is 12.4 Å². The number of aliphatic hydroxyl groups is 1. The molecule has 4 heteroatoms. The Morgan fingerprint density at radius 3 is 2.69 bits per heavy atom. The van der Waals surface area contributed by atoms with Crippen molar-refractivity contribution in [1.82, 2.24) is 0 Å². The zero-order valence-electron chi connectivity index (χ0n) is 8.08. The minimum atomic E-state index is -0.542. The van der Waals surface area contributed by atoms with E-state index in [1.54, 1.807) is 6.92 Å². The Hall–Kier alpha value is -1.03. The molecule has 13 heavy (non-hydrogen) atoms. The Balaban J connectivity index is 3.67. The number of carbonyl (C=O) groups excluding carboxylic acids is 1. The van der Waals surface area contributed by atoms with Crippen LogP contribution in [0.25, 0.3) is 0 Å². The quantitative estimate of drug-likeness (QED) is 0.296. The van der Waals surface area contributed by atoms with Crippen LogP contribution < -0.4 is 0 Å². The van der Waals surface area contributed by atoms with Crippen LogP contribution >= 0.6 is 0 Å². The van der Waals surface area contributed by atoms with Crippen LogP contribution in [-0.2, 0) is 14.3 Å². The molecule has 0 saturated carbocycles. The largest absolute Gasteiger partial charge is 0.510 e. The summed E-state index contributed by atoms with van der Waals surface area (Å²) in [5, 5.41) is 9.11. The van der Waals surface area contributed by atoms with E-state index >= 15 is 0 Å². The molecule has 0 aromatic heterocycles. The van der Waals surface area contributed by atoms with Gasteiger partial charge in [0.05, 0.1) is 12.7 Å². The first-order valence-corrected chi connectivity index (χ1v) is 4.34. The van der Waals surface area contributed by atoms with Crippen LogP contribution in [0, 0.1) is 0 Å². The fourth-order valence-corrected chi connectivity index (χ4v) is 0.683. The second-order valence-electron chi connectivity index (χ2n) is 2.44. The molecule has 0 aromatic carbocycles. The number of ether oxygens (including phenoxy) is 2. The Bertz CT molecular complexity index is 174. The van der Waals surface area contributed by atoms with E-state index in [0.717, 1.165) is 12.5 Å². The molecule has 0 aliphatic heterocycles. The van der Waals surface area contributed by atoms with Crippen molar-refractivity contribution in [2.75, 3.05) is 19.8 Å². The molecule has 76 valence electrons. The third kappa shape index (κ3) is 7.33. The summed E-state index contributed by atoms with van der Waals surface area (Å²) >= 11 is 0. The summed E-state index contributed by atoms with van der Waals surface area (Å²) in [5.41, 5.74) is 0. The molecular formula is C9H16O4. The summed E-state index contributed by atoms with van der Waals surface area (Å²) in [4.78, 5) is 10.8. The first kappa shape index (κ1) is 12.0. The molecule has 0 radical (unpaired) electrons. The smallest absolute Gasteiger partial charge is 0.334 e. The van der Waals surface area contributed by atoms with Crippen molar-refractivity contribution in [3.63, 3.8) is 0 Å². The van der Waals surface area contributed by atoms with Gasteiger partial charge in [-0.05, 0) is 13.3 Å². The topological polar surface area (TPSA) is 55.8 Å². The van der Waals surface area contributed by atoms with Crippen molar-refractivity contribution < 1.29 is 19.4 Å². The number of carbonyl (C=O) groups is 1. The highest BCUT2D eigenvalue weighted by atomic mass is 16.5. The van der Waals surface area contributed by atoms with E-state index < -0.39 is 5.97 Å². The van der Waals surface area contributed by atoms with Crippen LogP contribution in [0.2, 0.25) is 0 Å². The first-order chi connectivity index (χ1) is 6.20. The van der Waals surface area contributed by atoms with Crippen molar-refractivity contribution in [3.8, 4) is 0 Å². The van der Waals surface area contributed by atoms with Gasteiger partial charge >= 0.3 is 5.97 Å². The highest BCUT2D eigenvalue weighted by molar-refractivity contribution is 5.82. The molecule has 0 unspecified atom stereocenters. The minimum absolute atomic E-state index is 0.0622. The normalized spacial score (nSPS) is 11.4. The number of aliphatic hydroxyl groups excluding tert-OH is 1. The maximum absolute atomic E-state index is 10.8. The van der Waals surface area contributed by atoms with E-state index in [4.69, 9.17) is 9.84 Å². The average Bonchev–Trinajstić information content (AvgIpc) is 2.05. The van der Waals surface area contributed by atoms with Crippen LogP contribution in [0.3, 0.4) is 0 Å². The zero-order chi connectivity index (χ0) is 10.1. The maximum atomic E-state index is 10.8. The lowest BCUT2D eigenvalue weighted by Gasteiger charge is -2.01. The summed E-state index contributed by atoms with van der Waals surface area (Å²) in [6.07, 6.45) is 1.91. The Morgan fingerprint density at radius 1 is 1.46 bits per heavy atom. The number of hydrogen-bond donors (Lipinski definition) is 1. The highest BCUT2D eigenvalue weighted by Crippen LogP contribution is 1.92. The summed E-state index contributed by atoms with van der Waals surface area (Å²) in [6, 6.07) is 0. The van der Waals surface area contributed by atoms with Gasteiger partial charge in [-0.2, -0.15) is 0 Å². The van der Waals surface area contributed by atoms with E-state index in [0.29, 0.717) is 13.2 Å². The van der Waals surface area contributed by atoms with Crippen molar-refractivity contribution >= 4 is 5.97 Å². The third-order valence-electron chi connectivity index (χ3n) is 1.17. The van der Waals surface area contributed by atoms with Crippen molar-refractivity contribution in [1.29, 1.82) is 0 Å². The van der Waals surface area contributed by atoms with Crippen molar-refractivity contribution in [3.05, 3.63) is 11.8 Å². The van der Waals surface area contributed by atoms with Crippen LogP contribution in [0.5, 0.6) is 0 Å². The fraction of sp³-hybridized carbons (Fsp3) is 0.667. The van der Waals surface area contributed by atoms with Crippen molar-refractivity contribution in [2.24, 2.45) is 0 Å². The van der Waals surface area contributed by atoms with E-state index in [1.807, 2.05) is 6.92 Å². The van der Waals surface area contributed by atoms with Gasteiger partial charge in [0, 0.05) is 6.61 Å². The van der Waals surface area contributed by atoms with Gasteiger partial charge in [-0.1, -0.05) is 6.92 Å². The van der Waals surface area contributed by atoms with Gasteiger partial charge in [-0.25, -0.2) is 4.79 Å². The highest BCUT2D eigenvalue weighted by Gasteiger charge is 1.99. The lowest BCUT2D eigenvalue weighted by Crippen LogP contribution is -2.05. The number of rotatable bonds is 6. The Morgan fingerprint density at radius 2 is 2.15 bits per heavy atom. The Labute approximate surface area is 78.2 Å². The number of esters is 1. The molecular weight excluding hydrogens is 172 g/mol. The van der Waals surface area contributed by atoms with Gasteiger partial charge < -0.3 is 14.6 Å². The molecule has 1 N–H and O–H groups in total. The molecule has 0 amide bonds. The molecule has 0 saturated heterocycles. The van der Waals surface area contributed by atoms with Gasteiger partial charge in [0.25, 0.3) is 0 Å². The van der Waals surface area contributed by atoms with E-state index in [9.17, 15) is 4.79 Å². The molecule has 0 fully saturated rings. The van der Waals surface area contributed by atoms with Gasteiger partial charge in [0.2, 0.25) is 0 Å². The summed E-state index contributed by atoms with van der Waals surface area (Å²) in [5.74, 6) is -0.646. The molecule has 0 bridgehead atoms. The molecule has 0 aliphatic rings. The fourth-order valence-electron chi connectivity index (χ4n) is 0.683. The number of hydrogen-bond acceptors (Lipinski definition) is 4. The lowest BCUT2D eigenvalue weighted by molar-refractivity contribution is -0.137. The average molecular weight is 188 g/mol. The van der Waals surface area contributed by atoms with Crippen LogP contribution in [0.15, 0.2) is 11.8 Å². The molecule has 0 heterocycles. The predicted octanol–water partition coefficient (Wildman–Crippen LogP) is 1.42. The second kappa shape index (κ2) is 7.61. The zero-order valence-corrected chi connectivity index (χ0v) is 8.08. The van der Waals surface area contributed by atoms with Crippen LogP contribution in [0.1, 0.15) is 20.3 Å². The summed E-state index contributed by atoms with van der Waals surface area (Å²) < 4.78 is 9.59. The summed E-state index contributed by atoms with van der Waals surface area (Å²) in [7, 11) is 0. The molecule has 0 spiro atoms. The molecule has 0 atom stereocenters. The standard InChI is InChI=1S/C9H16O4/c1-3-5-12-7-8(10)6-9(11)13-4-2/h6,10H,3-5,7H2,1-2H3/b8-6+. The van der Waals surface area contributed by atoms with Crippen LogP contribution in [0.4, 0.5) is 0 Å². The molecule has 0 rings (SSSR count). The van der Waals surface area contributed by atoms with Gasteiger partial charge in [-0.3, -0.25) is 0 Å². The van der Waals surface area contributed by atoms with E-state index in [-0.39, 0.29) is 12.4 Å². The van der Waals surface area contributed by atoms with Gasteiger partial charge in [0.15, 0.2) is 0 Å². The van der Waals surface area contributed by atoms with Crippen molar-refractivity contribution in [2.45, 2.75) is 20.3 Å². The first-order valence-electron chi connectivity index (χ1n) is 4.34. The summed E-state index contributed by atoms with van der Waals surface area (Å²) in [6.45, 7) is 4.61. The Kier molecular flexibility index (Phi) is 7.01. The van der Waals surface area contributed by atoms with E-state index in [1.165, 1.54) is 0 Å². The minimum Gasteiger partial charge on any atom is -0.510 e. The SMILES string of the molecule is CCCOC/C(O)=C\C(=O)OCC. The third-order valence-corrected chi connectivity index (χ3v) is 1.17. The molecule has 0 aliphatic carbocycles. The second-order valence-corrected chi connectivity index (χ2v) is 2.44. The lowest BCUT2D eigenvalue weighted by atomic mass is 10.4. The monoisotopic (exact) mass is 188 g/mol. The van der Waals surface area contributed by atoms with Crippen LogP contribution in [-0.4, -0.2) is 30.9 Å².